The Morgan fingerprint density at radius 2 is 1.94 bits per heavy atom. The van der Waals surface area contributed by atoms with Gasteiger partial charge in [0, 0.05) is 22.0 Å². The Bertz CT molecular complexity index is 459. The smallest absolute Gasteiger partial charge is 0.179 e. The van der Waals surface area contributed by atoms with E-state index < -0.39 is 9.84 Å². The van der Waals surface area contributed by atoms with Crippen LogP contribution in [0.3, 0.4) is 0 Å². The Morgan fingerprint density at radius 1 is 1.33 bits per heavy atom. The second-order valence-electron chi connectivity index (χ2n) is 4.02. The summed E-state index contributed by atoms with van der Waals surface area (Å²) in [5.41, 5.74) is 5.78. The van der Waals surface area contributed by atoms with E-state index in [1.807, 2.05) is 6.92 Å². The van der Waals surface area contributed by atoms with Gasteiger partial charge in [0.2, 0.25) is 0 Å². The van der Waals surface area contributed by atoms with Gasteiger partial charge >= 0.3 is 0 Å². The molecule has 1 rings (SSSR count). The Labute approximate surface area is 122 Å². The lowest BCUT2D eigenvalue weighted by Crippen LogP contribution is -2.22. The zero-order valence-corrected chi connectivity index (χ0v) is 13.5. The third-order valence-electron chi connectivity index (χ3n) is 2.53. The summed E-state index contributed by atoms with van der Waals surface area (Å²) >= 11 is 4.88. The third-order valence-corrected chi connectivity index (χ3v) is 6.20. The minimum Gasteiger partial charge on any atom is -0.327 e. The van der Waals surface area contributed by atoms with Gasteiger partial charge in [-0.2, -0.15) is 11.8 Å². The van der Waals surface area contributed by atoms with Crippen molar-refractivity contribution in [2.75, 3.05) is 17.3 Å². The number of halogens is 1. The van der Waals surface area contributed by atoms with Crippen molar-refractivity contribution in [3.63, 3.8) is 0 Å². The molecule has 0 saturated heterocycles. The van der Waals surface area contributed by atoms with Crippen LogP contribution in [0.25, 0.3) is 0 Å². The molecule has 0 bridgehead atoms. The maximum absolute atomic E-state index is 12.0. The number of hydrogen-bond donors (Lipinski definition) is 1. The molecule has 1 unspecified atom stereocenters. The topological polar surface area (TPSA) is 60.2 Å². The van der Waals surface area contributed by atoms with Gasteiger partial charge in [-0.05, 0) is 30.7 Å². The first kappa shape index (κ1) is 16.0. The summed E-state index contributed by atoms with van der Waals surface area (Å²) in [5.74, 6) is 1.56. The summed E-state index contributed by atoms with van der Waals surface area (Å²) in [7, 11) is -3.16. The predicted octanol–water partition coefficient (Wildman–Crippen LogP) is 2.69. The zero-order chi connectivity index (χ0) is 13.6. The van der Waals surface area contributed by atoms with E-state index in [0.29, 0.717) is 10.6 Å². The summed E-state index contributed by atoms with van der Waals surface area (Å²) < 4.78 is 24.9. The molecule has 0 aromatic heterocycles. The van der Waals surface area contributed by atoms with Gasteiger partial charge < -0.3 is 5.73 Å². The average molecular weight is 352 g/mol. The molecule has 3 nitrogen and oxygen atoms in total. The molecule has 102 valence electrons. The fraction of sp³-hybridized carbons (Fsp3) is 0.500. The van der Waals surface area contributed by atoms with Crippen LogP contribution in [0, 0.1) is 0 Å². The normalized spacial score (nSPS) is 13.5. The van der Waals surface area contributed by atoms with Crippen LogP contribution >= 0.6 is 27.7 Å². The van der Waals surface area contributed by atoms with Gasteiger partial charge in [-0.25, -0.2) is 8.42 Å². The second-order valence-corrected chi connectivity index (χ2v) is 8.19. The highest BCUT2D eigenvalue weighted by molar-refractivity contribution is 9.10. The van der Waals surface area contributed by atoms with Crippen LogP contribution in [0.1, 0.15) is 13.3 Å². The molecule has 0 saturated carbocycles. The molecule has 6 heteroatoms. The van der Waals surface area contributed by atoms with Gasteiger partial charge in [-0.1, -0.05) is 22.9 Å². The van der Waals surface area contributed by atoms with E-state index in [2.05, 4.69) is 15.9 Å². The van der Waals surface area contributed by atoms with E-state index >= 15 is 0 Å². The monoisotopic (exact) mass is 351 g/mol. The summed E-state index contributed by atoms with van der Waals surface area (Å²) in [4.78, 5) is 0.381. The van der Waals surface area contributed by atoms with Crippen LogP contribution in [-0.2, 0) is 9.84 Å². The molecular weight excluding hydrogens is 334 g/mol. The van der Waals surface area contributed by atoms with E-state index in [9.17, 15) is 8.42 Å². The van der Waals surface area contributed by atoms with Gasteiger partial charge in [0.1, 0.15) is 0 Å². The Morgan fingerprint density at radius 3 is 2.50 bits per heavy atom. The fourth-order valence-electron chi connectivity index (χ4n) is 1.28. The maximum atomic E-state index is 12.0. The van der Waals surface area contributed by atoms with E-state index in [1.54, 1.807) is 36.0 Å². The van der Waals surface area contributed by atoms with Gasteiger partial charge in [-0.3, -0.25) is 0 Å². The molecule has 0 spiro atoms. The molecule has 0 amide bonds. The highest BCUT2D eigenvalue weighted by atomic mass is 79.9. The maximum Gasteiger partial charge on any atom is 0.179 e. The number of thioether (sulfide) groups is 1. The van der Waals surface area contributed by atoms with E-state index in [1.165, 1.54) is 0 Å². The highest BCUT2D eigenvalue weighted by Crippen LogP contribution is 2.17. The number of benzene rings is 1. The summed E-state index contributed by atoms with van der Waals surface area (Å²) in [6.45, 7) is 2.03. The summed E-state index contributed by atoms with van der Waals surface area (Å²) in [5, 5.41) is 0. The Kier molecular flexibility index (Phi) is 6.70. The Balaban J connectivity index is 2.48. The van der Waals surface area contributed by atoms with Crippen molar-refractivity contribution in [3.05, 3.63) is 28.7 Å². The summed E-state index contributed by atoms with van der Waals surface area (Å²) in [6, 6.07) is 6.90. The quantitative estimate of drug-likeness (QED) is 0.767. The molecule has 0 aliphatic carbocycles. The molecule has 0 aliphatic rings. The average Bonchev–Trinajstić information content (AvgIpc) is 2.35. The van der Waals surface area contributed by atoms with E-state index in [-0.39, 0.29) is 11.8 Å². The highest BCUT2D eigenvalue weighted by Gasteiger charge is 2.14. The van der Waals surface area contributed by atoms with Crippen molar-refractivity contribution in [1.82, 2.24) is 0 Å². The van der Waals surface area contributed by atoms with Crippen molar-refractivity contribution in [2.45, 2.75) is 24.3 Å². The fourth-order valence-corrected chi connectivity index (χ4v) is 4.39. The van der Waals surface area contributed by atoms with Crippen LogP contribution in [0.2, 0.25) is 0 Å². The van der Waals surface area contributed by atoms with Crippen molar-refractivity contribution in [2.24, 2.45) is 5.73 Å². The third kappa shape index (κ3) is 5.30. The minimum absolute atomic E-state index is 0.158. The van der Waals surface area contributed by atoms with Gasteiger partial charge in [0.15, 0.2) is 9.84 Å². The molecule has 18 heavy (non-hydrogen) atoms. The molecular formula is C12H18BrNO2S2. The SMILES string of the molecule is CCC(N)CSCCS(=O)(=O)c1ccc(Br)cc1. The molecule has 1 aromatic carbocycles. The molecule has 0 radical (unpaired) electrons. The minimum atomic E-state index is -3.16. The van der Waals surface area contributed by atoms with Crippen LogP contribution in [0.5, 0.6) is 0 Å². The lowest BCUT2D eigenvalue weighted by Gasteiger charge is -2.08. The lowest BCUT2D eigenvalue weighted by atomic mass is 10.3. The first-order valence-electron chi connectivity index (χ1n) is 5.77. The molecule has 1 aromatic rings. The van der Waals surface area contributed by atoms with Gasteiger partial charge in [0.05, 0.1) is 10.6 Å². The van der Waals surface area contributed by atoms with Gasteiger partial charge in [-0.15, -0.1) is 0 Å². The van der Waals surface area contributed by atoms with Crippen molar-refractivity contribution >= 4 is 37.5 Å². The van der Waals surface area contributed by atoms with Crippen LogP contribution in [-0.4, -0.2) is 31.7 Å². The first-order valence-corrected chi connectivity index (χ1v) is 9.37. The zero-order valence-electron chi connectivity index (χ0n) is 10.3. The number of rotatable bonds is 7. The second kappa shape index (κ2) is 7.53. The number of sulfone groups is 1. The largest absolute Gasteiger partial charge is 0.327 e. The molecule has 0 fully saturated rings. The van der Waals surface area contributed by atoms with Gasteiger partial charge in [0.25, 0.3) is 0 Å². The van der Waals surface area contributed by atoms with Crippen LogP contribution in [0.15, 0.2) is 33.6 Å². The number of hydrogen-bond acceptors (Lipinski definition) is 4. The first-order chi connectivity index (χ1) is 8.45. The van der Waals surface area contributed by atoms with Crippen molar-refractivity contribution in [1.29, 1.82) is 0 Å². The van der Waals surface area contributed by atoms with E-state index in [4.69, 9.17) is 5.73 Å². The van der Waals surface area contributed by atoms with Crippen LogP contribution < -0.4 is 5.73 Å². The van der Waals surface area contributed by atoms with Crippen molar-refractivity contribution < 1.29 is 8.42 Å². The standard InChI is InChI=1S/C12H18BrNO2S2/c1-2-11(14)9-17-7-8-18(15,16)12-5-3-10(13)4-6-12/h3-6,11H,2,7-9,14H2,1H3. The molecule has 2 N–H and O–H groups in total. The number of nitrogens with two attached hydrogens (primary N) is 1. The molecule has 0 heterocycles. The predicted molar refractivity (Wildman–Crippen MR) is 81.8 cm³/mol. The van der Waals surface area contributed by atoms with Crippen molar-refractivity contribution in [3.8, 4) is 0 Å². The Hall–Kier alpha value is -0.0400. The van der Waals surface area contributed by atoms with Crippen LogP contribution in [0.4, 0.5) is 0 Å². The molecule has 0 aliphatic heterocycles. The molecule has 1 atom stereocenters. The summed E-state index contributed by atoms with van der Waals surface area (Å²) in [6.07, 6.45) is 0.923. The lowest BCUT2D eigenvalue weighted by molar-refractivity contribution is 0.597. The van der Waals surface area contributed by atoms with E-state index in [0.717, 1.165) is 16.6 Å².